The van der Waals surface area contributed by atoms with Crippen molar-refractivity contribution in [2.24, 2.45) is 5.92 Å². The van der Waals surface area contributed by atoms with Gasteiger partial charge < -0.3 is 9.73 Å². The van der Waals surface area contributed by atoms with Gasteiger partial charge in [-0.3, -0.25) is 4.79 Å². The first kappa shape index (κ1) is 8.77. The van der Waals surface area contributed by atoms with Gasteiger partial charge in [0.15, 0.2) is 0 Å². The summed E-state index contributed by atoms with van der Waals surface area (Å²) in [5.74, 6) is 0.539. The fourth-order valence-corrected chi connectivity index (χ4v) is 0.707. The number of carbonyl (C=O) groups excluding carboxylic acids is 1. The molecule has 0 unspecified atom stereocenters. The van der Waals surface area contributed by atoms with E-state index in [0.717, 1.165) is 0 Å². The first-order valence-electron chi connectivity index (χ1n) is 3.86. The van der Waals surface area contributed by atoms with Gasteiger partial charge in [-0.15, -0.1) is 0 Å². The van der Waals surface area contributed by atoms with Crippen LogP contribution in [0.5, 0.6) is 0 Å². The van der Waals surface area contributed by atoms with E-state index in [1.807, 2.05) is 13.8 Å². The average molecular weight is 168 g/mol. The van der Waals surface area contributed by atoms with Crippen LogP contribution < -0.4 is 5.32 Å². The molecule has 4 nitrogen and oxygen atoms in total. The zero-order chi connectivity index (χ0) is 8.97. The van der Waals surface area contributed by atoms with Gasteiger partial charge in [0.1, 0.15) is 6.26 Å². The third kappa shape index (κ3) is 2.38. The Labute approximate surface area is 71.0 Å². The third-order valence-electron chi connectivity index (χ3n) is 1.42. The van der Waals surface area contributed by atoms with E-state index in [1.54, 1.807) is 6.20 Å². The minimum atomic E-state index is -0.0000350. The van der Waals surface area contributed by atoms with E-state index in [1.165, 1.54) is 6.26 Å². The van der Waals surface area contributed by atoms with Crippen molar-refractivity contribution in [3.63, 3.8) is 0 Å². The number of oxazole rings is 1. The Kier molecular flexibility index (Phi) is 2.85. The Hall–Kier alpha value is -1.32. The molecular weight excluding hydrogens is 156 g/mol. The number of amides is 1. The summed E-state index contributed by atoms with van der Waals surface area (Å²) in [6.07, 6.45) is 3.04. The molecule has 1 aromatic heterocycles. The van der Waals surface area contributed by atoms with Gasteiger partial charge in [0.05, 0.1) is 12.7 Å². The maximum Gasteiger partial charge on any atom is 0.222 e. The standard InChI is InChI=1S/C8H12N2O2/c1-6(2)8(11)10-5-7-9-3-4-12-7/h3-4,6H,5H2,1-2H3,(H,10,11). The minimum absolute atomic E-state index is 0.0000350. The Morgan fingerprint density at radius 1 is 1.75 bits per heavy atom. The predicted octanol–water partition coefficient (Wildman–Crippen LogP) is 0.947. The van der Waals surface area contributed by atoms with Gasteiger partial charge in [-0.1, -0.05) is 13.8 Å². The summed E-state index contributed by atoms with van der Waals surface area (Å²) in [5.41, 5.74) is 0. The van der Waals surface area contributed by atoms with Crippen molar-refractivity contribution < 1.29 is 9.21 Å². The fourth-order valence-electron chi connectivity index (χ4n) is 0.707. The van der Waals surface area contributed by atoms with Gasteiger partial charge in [0.25, 0.3) is 0 Å². The molecule has 0 atom stereocenters. The highest BCUT2D eigenvalue weighted by Gasteiger charge is 2.06. The summed E-state index contributed by atoms with van der Waals surface area (Å²) in [5, 5.41) is 2.69. The van der Waals surface area contributed by atoms with Crippen molar-refractivity contribution in [3.8, 4) is 0 Å². The molecule has 0 saturated carbocycles. The van der Waals surface area contributed by atoms with Crippen molar-refractivity contribution in [2.45, 2.75) is 20.4 Å². The highest BCUT2D eigenvalue weighted by Crippen LogP contribution is 1.95. The number of rotatable bonds is 3. The molecule has 0 bridgehead atoms. The maximum absolute atomic E-state index is 11.1. The van der Waals surface area contributed by atoms with Gasteiger partial charge in [0, 0.05) is 5.92 Å². The number of hydrogen-bond acceptors (Lipinski definition) is 3. The lowest BCUT2D eigenvalue weighted by Gasteiger charge is -2.04. The molecule has 0 radical (unpaired) electrons. The lowest BCUT2D eigenvalue weighted by molar-refractivity contribution is -0.124. The molecule has 4 heteroatoms. The zero-order valence-electron chi connectivity index (χ0n) is 7.20. The molecule has 66 valence electrons. The molecule has 1 N–H and O–H groups in total. The summed E-state index contributed by atoms with van der Waals surface area (Å²) in [7, 11) is 0. The zero-order valence-corrected chi connectivity index (χ0v) is 7.20. The van der Waals surface area contributed by atoms with Crippen LogP contribution in [0.3, 0.4) is 0 Å². The van der Waals surface area contributed by atoms with Crippen LogP contribution >= 0.6 is 0 Å². The van der Waals surface area contributed by atoms with Gasteiger partial charge in [-0.2, -0.15) is 0 Å². The minimum Gasteiger partial charge on any atom is -0.447 e. The number of nitrogens with one attached hydrogen (secondary N) is 1. The Morgan fingerprint density at radius 2 is 2.50 bits per heavy atom. The first-order chi connectivity index (χ1) is 5.70. The normalized spacial score (nSPS) is 10.2. The Balaban J connectivity index is 2.32. The summed E-state index contributed by atoms with van der Waals surface area (Å²) in [4.78, 5) is 14.9. The van der Waals surface area contributed by atoms with Crippen LogP contribution in [-0.2, 0) is 11.3 Å². The SMILES string of the molecule is CC(C)C(=O)NCc1ncco1. The second-order valence-electron chi connectivity index (χ2n) is 2.80. The molecule has 0 aliphatic carbocycles. The summed E-state index contributed by atoms with van der Waals surface area (Å²) in [6.45, 7) is 4.04. The quantitative estimate of drug-likeness (QED) is 0.731. The molecule has 0 spiro atoms. The maximum atomic E-state index is 11.1. The van der Waals surface area contributed by atoms with Crippen LogP contribution in [0.25, 0.3) is 0 Å². The average Bonchev–Trinajstić information content (AvgIpc) is 2.51. The fraction of sp³-hybridized carbons (Fsp3) is 0.500. The Bertz CT molecular complexity index is 242. The van der Waals surface area contributed by atoms with E-state index < -0.39 is 0 Å². The molecule has 1 heterocycles. The van der Waals surface area contributed by atoms with Crippen LogP contribution in [-0.4, -0.2) is 10.9 Å². The number of hydrogen-bond donors (Lipinski definition) is 1. The van der Waals surface area contributed by atoms with Crippen LogP contribution in [0, 0.1) is 5.92 Å². The molecule has 0 aliphatic heterocycles. The number of carbonyl (C=O) groups is 1. The van der Waals surface area contributed by atoms with Crippen molar-refractivity contribution in [1.82, 2.24) is 10.3 Å². The highest BCUT2D eigenvalue weighted by atomic mass is 16.3. The molecule has 0 saturated heterocycles. The smallest absolute Gasteiger partial charge is 0.222 e. The topological polar surface area (TPSA) is 55.1 Å². The predicted molar refractivity (Wildman–Crippen MR) is 43.2 cm³/mol. The van der Waals surface area contributed by atoms with Gasteiger partial charge >= 0.3 is 0 Å². The summed E-state index contributed by atoms with van der Waals surface area (Å²) < 4.78 is 4.94. The van der Waals surface area contributed by atoms with Crippen molar-refractivity contribution in [1.29, 1.82) is 0 Å². The van der Waals surface area contributed by atoms with Gasteiger partial charge in [-0.05, 0) is 0 Å². The van der Waals surface area contributed by atoms with Crippen LogP contribution in [0.2, 0.25) is 0 Å². The molecule has 1 amide bonds. The molecule has 0 aliphatic rings. The van der Waals surface area contributed by atoms with E-state index in [-0.39, 0.29) is 11.8 Å². The van der Waals surface area contributed by atoms with E-state index in [9.17, 15) is 4.79 Å². The molecule has 1 aromatic rings. The van der Waals surface area contributed by atoms with E-state index >= 15 is 0 Å². The van der Waals surface area contributed by atoms with E-state index in [2.05, 4.69) is 10.3 Å². The number of nitrogens with zero attached hydrogens (tertiary/aromatic N) is 1. The van der Waals surface area contributed by atoms with Crippen molar-refractivity contribution in [3.05, 3.63) is 18.4 Å². The third-order valence-corrected chi connectivity index (χ3v) is 1.42. The first-order valence-corrected chi connectivity index (χ1v) is 3.86. The summed E-state index contributed by atoms with van der Waals surface area (Å²) in [6, 6.07) is 0. The van der Waals surface area contributed by atoms with Crippen molar-refractivity contribution in [2.75, 3.05) is 0 Å². The molecular formula is C8H12N2O2. The van der Waals surface area contributed by atoms with Crippen LogP contribution in [0.1, 0.15) is 19.7 Å². The van der Waals surface area contributed by atoms with Crippen LogP contribution in [0.15, 0.2) is 16.9 Å². The molecule has 1 rings (SSSR count). The molecule has 0 aromatic carbocycles. The monoisotopic (exact) mass is 168 g/mol. The van der Waals surface area contributed by atoms with Crippen LogP contribution in [0.4, 0.5) is 0 Å². The van der Waals surface area contributed by atoms with Gasteiger partial charge in [-0.25, -0.2) is 4.98 Å². The second kappa shape index (κ2) is 3.90. The van der Waals surface area contributed by atoms with E-state index in [0.29, 0.717) is 12.4 Å². The van der Waals surface area contributed by atoms with Gasteiger partial charge in [0.2, 0.25) is 11.8 Å². The molecule has 0 fully saturated rings. The largest absolute Gasteiger partial charge is 0.447 e. The Morgan fingerprint density at radius 3 is 3.00 bits per heavy atom. The lowest BCUT2D eigenvalue weighted by atomic mass is 10.2. The van der Waals surface area contributed by atoms with Crippen molar-refractivity contribution >= 4 is 5.91 Å². The lowest BCUT2D eigenvalue weighted by Crippen LogP contribution is -2.27. The number of aromatic nitrogens is 1. The molecule has 12 heavy (non-hydrogen) atoms. The van der Waals surface area contributed by atoms with E-state index in [4.69, 9.17) is 4.42 Å². The highest BCUT2D eigenvalue weighted by molar-refractivity contribution is 5.77. The second-order valence-corrected chi connectivity index (χ2v) is 2.80. The summed E-state index contributed by atoms with van der Waals surface area (Å²) >= 11 is 0.